The van der Waals surface area contributed by atoms with E-state index in [0.29, 0.717) is 5.71 Å². The molecule has 0 atom stereocenters. The quantitative estimate of drug-likeness (QED) is 0.455. The van der Waals surface area contributed by atoms with Gasteiger partial charge in [-0.15, -0.1) is 0 Å². The lowest BCUT2D eigenvalue weighted by atomic mass is 10.0. The normalized spacial score (nSPS) is 19.3. The van der Waals surface area contributed by atoms with Gasteiger partial charge in [0.2, 0.25) is 0 Å². The zero-order valence-electron chi connectivity index (χ0n) is 6.20. The number of nitrogens with one attached hydrogen (secondary N) is 2. The van der Waals surface area contributed by atoms with Gasteiger partial charge in [-0.2, -0.15) is 0 Å². The number of rotatable bonds is 1. The lowest BCUT2D eigenvalue weighted by molar-refractivity contribution is 0.685. The summed E-state index contributed by atoms with van der Waals surface area (Å²) in [5.74, 6) is 0. The van der Waals surface area contributed by atoms with Gasteiger partial charge >= 0.3 is 0 Å². The fraction of sp³-hybridized carbons (Fsp3) is 0.571. The predicted molar refractivity (Wildman–Crippen MR) is 42.1 cm³/mol. The van der Waals surface area contributed by atoms with Crippen LogP contribution in [0.4, 0.5) is 0 Å². The summed E-state index contributed by atoms with van der Waals surface area (Å²) in [4.78, 5) is 0. The highest BCUT2D eigenvalue weighted by molar-refractivity contribution is 5.96. The number of hydrogen-bond donors (Lipinski definition) is 3. The van der Waals surface area contributed by atoms with E-state index < -0.39 is 0 Å². The molecule has 0 saturated heterocycles. The molecule has 0 aromatic carbocycles. The Hall–Kier alpha value is -0.830. The molecule has 0 radical (unpaired) electrons. The third-order valence-electron chi connectivity index (χ3n) is 1.71. The Morgan fingerprint density at radius 1 is 1.70 bits per heavy atom. The van der Waals surface area contributed by atoms with E-state index in [0.717, 1.165) is 30.8 Å². The largest absolute Gasteiger partial charge is 0.402 e. The highest BCUT2D eigenvalue weighted by Crippen LogP contribution is 2.07. The number of nitrogens with two attached hydrogens (primary N) is 1. The molecule has 0 unspecified atom stereocenters. The molecule has 0 spiro atoms. The monoisotopic (exact) mass is 139 g/mol. The van der Waals surface area contributed by atoms with Gasteiger partial charge in [-0.3, -0.25) is 0 Å². The van der Waals surface area contributed by atoms with Gasteiger partial charge in [-0.05, 0) is 13.3 Å². The Kier molecular flexibility index (Phi) is 2.06. The van der Waals surface area contributed by atoms with E-state index >= 15 is 0 Å². The summed E-state index contributed by atoms with van der Waals surface area (Å²) in [7, 11) is 0. The molecular weight excluding hydrogens is 126 g/mol. The van der Waals surface area contributed by atoms with Crippen molar-refractivity contribution in [1.82, 2.24) is 5.32 Å². The van der Waals surface area contributed by atoms with Crippen molar-refractivity contribution >= 4 is 5.71 Å². The van der Waals surface area contributed by atoms with Crippen LogP contribution in [0, 0.1) is 5.41 Å². The maximum atomic E-state index is 7.34. The summed E-state index contributed by atoms with van der Waals surface area (Å²) in [5, 5.41) is 10.5. The predicted octanol–water partition coefficient (Wildman–Crippen LogP) is 0.232. The van der Waals surface area contributed by atoms with Crippen molar-refractivity contribution in [2.45, 2.75) is 13.3 Å². The van der Waals surface area contributed by atoms with Crippen LogP contribution in [0.3, 0.4) is 0 Å². The van der Waals surface area contributed by atoms with Crippen LogP contribution in [0.2, 0.25) is 0 Å². The molecule has 1 heterocycles. The maximum Gasteiger partial charge on any atom is 0.0345 e. The molecule has 0 saturated carbocycles. The standard InChI is InChI=1S/C7H13N3/c1-5(8)6-4-10-3-2-7(6)9/h8,10H,2-4,9H2,1H3. The van der Waals surface area contributed by atoms with E-state index in [9.17, 15) is 0 Å². The molecule has 0 aromatic rings. The highest BCUT2D eigenvalue weighted by atomic mass is 14.9. The minimum absolute atomic E-state index is 0.588. The molecule has 0 fully saturated rings. The van der Waals surface area contributed by atoms with Gasteiger partial charge in [-0.1, -0.05) is 0 Å². The lowest BCUT2D eigenvalue weighted by Crippen LogP contribution is -2.30. The minimum Gasteiger partial charge on any atom is -0.402 e. The minimum atomic E-state index is 0.588. The van der Waals surface area contributed by atoms with Crippen LogP contribution < -0.4 is 11.1 Å². The first-order valence-electron chi connectivity index (χ1n) is 3.45. The Bertz CT molecular complexity index is 181. The molecule has 4 N–H and O–H groups in total. The molecule has 0 amide bonds. The summed E-state index contributed by atoms with van der Waals surface area (Å²) < 4.78 is 0. The topological polar surface area (TPSA) is 61.9 Å². The second kappa shape index (κ2) is 2.84. The summed E-state index contributed by atoms with van der Waals surface area (Å²) in [6.07, 6.45) is 0.881. The fourth-order valence-corrected chi connectivity index (χ4v) is 1.07. The zero-order valence-corrected chi connectivity index (χ0v) is 6.20. The van der Waals surface area contributed by atoms with Crippen molar-refractivity contribution in [2.75, 3.05) is 13.1 Å². The van der Waals surface area contributed by atoms with Crippen LogP contribution in [0.1, 0.15) is 13.3 Å². The summed E-state index contributed by atoms with van der Waals surface area (Å²) in [6, 6.07) is 0. The number of hydrogen-bond acceptors (Lipinski definition) is 3. The van der Waals surface area contributed by atoms with E-state index in [1.807, 2.05) is 0 Å². The second-order valence-electron chi connectivity index (χ2n) is 2.56. The molecule has 3 nitrogen and oxygen atoms in total. The van der Waals surface area contributed by atoms with Gasteiger partial charge in [-0.25, -0.2) is 0 Å². The van der Waals surface area contributed by atoms with E-state index in [2.05, 4.69) is 5.32 Å². The van der Waals surface area contributed by atoms with Crippen LogP contribution in [0.5, 0.6) is 0 Å². The molecule has 10 heavy (non-hydrogen) atoms. The molecule has 0 bridgehead atoms. The molecule has 56 valence electrons. The van der Waals surface area contributed by atoms with Gasteiger partial charge in [0.1, 0.15) is 0 Å². The smallest absolute Gasteiger partial charge is 0.0345 e. The summed E-state index contributed by atoms with van der Waals surface area (Å²) in [6.45, 7) is 3.49. The van der Waals surface area contributed by atoms with Crippen molar-refractivity contribution in [3.8, 4) is 0 Å². The summed E-state index contributed by atoms with van der Waals surface area (Å²) >= 11 is 0. The van der Waals surface area contributed by atoms with Crippen LogP contribution in [-0.2, 0) is 0 Å². The van der Waals surface area contributed by atoms with E-state index in [1.54, 1.807) is 6.92 Å². The lowest BCUT2D eigenvalue weighted by Gasteiger charge is -2.17. The first kappa shape index (κ1) is 7.28. The molecule has 3 heteroatoms. The van der Waals surface area contributed by atoms with Crippen LogP contribution in [0.25, 0.3) is 0 Å². The third kappa shape index (κ3) is 1.36. The average Bonchev–Trinajstić information content (AvgIpc) is 1.88. The molecule has 0 aromatic heterocycles. The fourth-order valence-electron chi connectivity index (χ4n) is 1.07. The Morgan fingerprint density at radius 2 is 2.40 bits per heavy atom. The molecule has 1 aliphatic heterocycles. The Labute approximate surface area is 60.8 Å². The van der Waals surface area contributed by atoms with Crippen LogP contribution in [-0.4, -0.2) is 18.8 Å². The highest BCUT2D eigenvalue weighted by Gasteiger charge is 2.09. The van der Waals surface area contributed by atoms with E-state index in [-0.39, 0.29) is 0 Å². The average molecular weight is 139 g/mol. The zero-order chi connectivity index (χ0) is 7.56. The Balaban J connectivity index is 2.78. The van der Waals surface area contributed by atoms with Gasteiger partial charge < -0.3 is 16.5 Å². The van der Waals surface area contributed by atoms with Gasteiger partial charge in [0.05, 0.1) is 0 Å². The third-order valence-corrected chi connectivity index (χ3v) is 1.71. The van der Waals surface area contributed by atoms with Gasteiger partial charge in [0.25, 0.3) is 0 Å². The Morgan fingerprint density at radius 3 is 2.80 bits per heavy atom. The first-order valence-corrected chi connectivity index (χ1v) is 3.45. The van der Waals surface area contributed by atoms with E-state index in [4.69, 9.17) is 11.1 Å². The van der Waals surface area contributed by atoms with Crippen LogP contribution >= 0.6 is 0 Å². The van der Waals surface area contributed by atoms with Crippen molar-refractivity contribution in [3.63, 3.8) is 0 Å². The van der Waals surface area contributed by atoms with Crippen molar-refractivity contribution < 1.29 is 0 Å². The molecule has 1 rings (SSSR count). The van der Waals surface area contributed by atoms with E-state index in [1.165, 1.54) is 0 Å². The summed E-state index contributed by atoms with van der Waals surface area (Å²) in [5.41, 5.74) is 8.13. The van der Waals surface area contributed by atoms with Crippen molar-refractivity contribution in [2.24, 2.45) is 5.73 Å². The molecule has 0 aliphatic carbocycles. The molecular formula is C7H13N3. The van der Waals surface area contributed by atoms with Crippen molar-refractivity contribution in [3.05, 3.63) is 11.3 Å². The van der Waals surface area contributed by atoms with Gasteiger partial charge in [0.15, 0.2) is 0 Å². The van der Waals surface area contributed by atoms with Gasteiger partial charge in [0, 0.05) is 30.1 Å². The second-order valence-corrected chi connectivity index (χ2v) is 2.56. The first-order chi connectivity index (χ1) is 4.72. The SMILES string of the molecule is CC(=N)C1=C(N)CCNC1. The maximum absolute atomic E-state index is 7.34. The molecule has 1 aliphatic rings. The van der Waals surface area contributed by atoms with Crippen LogP contribution in [0.15, 0.2) is 11.3 Å². The van der Waals surface area contributed by atoms with Crippen molar-refractivity contribution in [1.29, 1.82) is 5.41 Å².